The Morgan fingerprint density at radius 2 is 1.92 bits per heavy atom. The van der Waals surface area contributed by atoms with Crippen LogP contribution in [0.3, 0.4) is 0 Å². The van der Waals surface area contributed by atoms with Gasteiger partial charge in [-0.15, -0.1) is 0 Å². The van der Waals surface area contributed by atoms with Gasteiger partial charge in [0.2, 0.25) is 5.91 Å². The van der Waals surface area contributed by atoms with Crippen LogP contribution in [0.2, 0.25) is 0 Å². The van der Waals surface area contributed by atoms with Crippen molar-refractivity contribution in [1.29, 1.82) is 0 Å². The summed E-state index contributed by atoms with van der Waals surface area (Å²) in [6, 6.07) is 9.59. The molecule has 2 fully saturated rings. The monoisotopic (exact) mass is 345 g/mol. The lowest BCUT2D eigenvalue weighted by atomic mass is 10.1. The Hall–Kier alpha value is -2.08. The molecule has 2 aliphatic rings. The first-order valence-electron chi connectivity index (χ1n) is 9.19. The fourth-order valence-electron chi connectivity index (χ4n) is 3.61. The molecule has 0 bridgehead atoms. The maximum Gasteiger partial charge on any atom is 0.318 e. The van der Waals surface area contributed by atoms with Crippen LogP contribution < -0.4 is 5.32 Å². The molecule has 1 aromatic carbocycles. The topological polar surface area (TPSA) is 61.9 Å². The number of amides is 3. The first-order valence-corrected chi connectivity index (χ1v) is 9.19. The fraction of sp³-hybridized carbons (Fsp3) is 0.579. The third kappa shape index (κ3) is 4.12. The van der Waals surface area contributed by atoms with E-state index in [2.05, 4.69) is 17.4 Å². The third-order valence-corrected chi connectivity index (χ3v) is 5.02. The van der Waals surface area contributed by atoms with Gasteiger partial charge in [-0.2, -0.15) is 0 Å². The number of morpholine rings is 1. The minimum Gasteiger partial charge on any atom is -0.378 e. The van der Waals surface area contributed by atoms with E-state index in [9.17, 15) is 9.59 Å². The standard InChI is InChI=1S/C19H27N3O3/c1-2-16(18(23)21-11-13-25-14-12-21)20-19(24)22-10-6-9-17(22)15-7-4-3-5-8-15/h3-5,7-8,16-17H,2,6,9-14H2,1H3,(H,20,24). The Morgan fingerprint density at radius 3 is 2.60 bits per heavy atom. The maximum atomic E-state index is 12.8. The second-order valence-electron chi connectivity index (χ2n) is 6.61. The summed E-state index contributed by atoms with van der Waals surface area (Å²) in [5.41, 5.74) is 1.16. The van der Waals surface area contributed by atoms with Gasteiger partial charge in [0.05, 0.1) is 19.3 Å². The minimum absolute atomic E-state index is 0.00499. The number of ether oxygens (including phenoxy) is 1. The summed E-state index contributed by atoms with van der Waals surface area (Å²) in [7, 11) is 0. The fourth-order valence-corrected chi connectivity index (χ4v) is 3.61. The van der Waals surface area contributed by atoms with Crippen molar-refractivity contribution in [3.8, 4) is 0 Å². The Labute approximate surface area is 149 Å². The van der Waals surface area contributed by atoms with Crippen LogP contribution >= 0.6 is 0 Å². The lowest BCUT2D eigenvalue weighted by Gasteiger charge is -2.32. The zero-order valence-electron chi connectivity index (χ0n) is 14.8. The maximum absolute atomic E-state index is 12.8. The van der Waals surface area contributed by atoms with E-state index in [0.29, 0.717) is 32.7 Å². The molecule has 0 aromatic heterocycles. The van der Waals surface area contributed by atoms with Crippen molar-refractivity contribution in [2.45, 2.75) is 38.3 Å². The van der Waals surface area contributed by atoms with Crippen LogP contribution in [-0.4, -0.2) is 60.6 Å². The highest BCUT2D eigenvalue weighted by atomic mass is 16.5. The van der Waals surface area contributed by atoms with Gasteiger partial charge in [-0.25, -0.2) is 4.79 Å². The molecule has 2 aliphatic heterocycles. The Balaban J connectivity index is 1.64. The smallest absolute Gasteiger partial charge is 0.318 e. The molecule has 1 aromatic rings. The van der Waals surface area contributed by atoms with Crippen molar-refractivity contribution < 1.29 is 14.3 Å². The number of carbonyl (C=O) groups is 2. The quantitative estimate of drug-likeness (QED) is 0.910. The molecule has 1 N–H and O–H groups in total. The number of nitrogens with one attached hydrogen (secondary N) is 1. The highest BCUT2D eigenvalue weighted by molar-refractivity contribution is 5.87. The predicted octanol–water partition coefficient (Wildman–Crippen LogP) is 2.17. The van der Waals surface area contributed by atoms with Gasteiger partial charge in [0.25, 0.3) is 0 Å². The molecule has 2 unspecified atom stereocenters. The van der Waals surface area contributed by atoms with Crippen LogP contribution in [-0.2, 0) is 9.53 Å². The molecule has 25 heavy (non-hydrogen) atoms. The zero-order valence-corrected chi connectivity index (χ0v) is 14.8. The Morgan fingerprint density at radius 1 is 1.20 bits per heavy atom. The van der Waals surface area contributed by atoms with Gasteiger partial charge in [-0.1, -0.05) is 37.3 Å². The SMILES string of the molecule is CCC(NC(=O)N1CCCC1c1ccccc1)C(=O)N1CCOCC1. The lowest BCUT2D eigenvalue weighted by molar-refractivity contribution is -0.137. The van der Waals surface area contributed by atoms with Crippen molar-refractivity contribution in [2.75, 3.05) is 32.8 Å². The van der Waals surface area contributed by atoms with Crippen LogP contribution in [0.4, 0.5) is 4.79 Å². The molecule has 3 amide bonds. The Kier molecular flexibility index (Phi) is 5.91. The zero-order chi connectivity index (χ0) is 17.6. The molecule has 0 radical (unpaired) electrons. The number of nitrogens with zero attached hydrogens (tertiary/aromatic N) is 2. The molecule has 3 rings (SSSR count). The molecular weight excluding hydrogens is 318 g/mol. The average Bonchev–Trinajstić information content (AvgIpc) is 3.17. The summed E-state index contributed by atoms with van der Waals surface area (Å²) >= 11 is 0. The van der Waals surface area contributed by atoms with E-state index in [4.69, 9.17) is 4.74 Å². The summed E-state index contributed by atoms with van der Waals surface area (Å²) in [6.45, 7) is 5.00. The molecule has 136 valence electrons. The van der Waals surface area contributed by atoms with Crippen LogP contribution in [0.1, 0.15) is 37.8 Å². The Bertz CT molecular complexity index is 587. The second-order valence-corrected chi connectivity index (χ2v) is 6.61. The van der Waals surface area contributed by atoms with E-state index < -0.39 is 6.04 Å². The van der Waals surface area contributed by atoms with Crippen molar-refractivity contribution in [2.24, 2.45) is 0 Å². The van der Waals surface area contributed by atoms with Gasteiger partial charge in [0, 0.05) is 19.6 Å². The summed E-state index contributed by atoms with van der Waals surface area (Å²) in [5.74, 6) is -0.00499. The molecular formula is C19H27N3O3. The number of hydrogen-bond acceptors (Lipinski definition) is 3. The summed E-state index contributed by atoms with van der Waals surface area (Å²) in [5, 5.41) is 2.96. The minimum atomic E-state index is -0.470. The van der Waals surface area contributed by atoms with Crippen LogP contribution in [0, 0.1) is 0 Å². The first kappa shape index (κ1) is 17.7. The van der Waals surface area contributed by atoms with E-state index in [1.807, 2.05) is 30.0 Å². The summed E-state index contributed by atoms with van der Waals surface area (Å²) < 4.78 is 5.30. The predicted molar refractivity (Wildman–Crippen MR) is 95.1 cm³/mol. The molecule has 6 heteroatoms. The summed E-state index contributed by atoms with van der Waals surface area (Å²) in [4.78, 5) is 29.1. The van der Waals surface area contributed by atoms with Crippen molar-refractivity contribution in [3.05, 3.63) is 35.9 Å². The van der Waals surface area contributed by atoms with Gasteiger partial charge in [0.15, 0.2) is 0 Å². The van der Waals surface area contributed by atoms with E-state index in [0.717, 1.165) is 24.9 Å². The van der Waals surface area contributed by atoms with Crippen molar-refractivity contribution in [1.82, 2.24) is 15.1 Å². The lowest BCUT2D eigenvalue weighted by Crippen LogP contribution is -2.54. The number of urea groups is 1. The van der Waals surface area contributed by atoms with Gasteiger partial charge in [-0.3, -0.25) is 4.79 Å². The highest BCUT2D eigenvalue weighted by Crippen LogP contribution is 2.31. The van der Waals surface area contributed by atoms with Gasteiger partial charge >= 0.3 is 6.03 Å². The van der Waals surface area contributed by atoms with Crippen molar-refractivity contribution >= 4 is 11.9 Å². The van der Waals surface area contributed by atoms with Gasteiger partial charge in [-0.05, 0) is 24.8 Å². The number of rotatable bonds is 4. The number of hydrogen-bond donors (Lipinski definition) is 1. The molecule has 0 saturated carbocycles. The molecule has 0 aliphatic carbocycles. The summed E-state index contributed by atoms with van der Waals surface area (Å²) in [6.07, 6.45) is 2.54. The van der Waals surface area contributed by atoms with Gasteiger partial charge in [0.1, 0.15) is 6.04 Å². The highest BCUT2D eigenvalue weighted by Gasteiger charge is 2.33. The number of benzene rings is 1. The second kappa shape index (κ2) is 8.34. The van der Waals surface area contributed by atoms with Crippen LogP contribution in [0.5, 0.6) is 0 Å². The van der Waals surface area contributed by atoms with Crippen LogP contribution in [0.15, 0.2) is 30.3 Å². The van der Waals surface area contributed by atoms with E-state index in [1.165, 1.54) is 0 Å². The largest absolute Gasteiger partial charge is 0.378 e. The molecule has 2 saturated heterocycles. The average molecular weight is 345 g/mol. The normalized spacial score (nSPS) is 21.9. The van der Waals surface area contributed by atoms with Gasteiger partial charge < -0.3 is 19.9 Å². The van der Waals surface area contributed by atoms with E-state index >= 15 is 0 Å². The van der Waals surface area contributed by atoms with E-state index in [-0.39, 0.29) is 18.0 Å². The molecule has 2 atom stereocenters. The van der Waals surface area contributed by atoms with Crippen LogP contribution in [0.25, 0.3) is 0 Å². The third-order valence-electron chi connectivity index (χ3n) is 5.02. The first-order chi connectivity index (χ1) is 12.2. The van der Waals surface area contributed by atoms with E-state index in [1.54, 1.807) is 4.90 Å². The molecule has 0 spiro atoms. The molecule has 6 nitrogen and oxygen atoms in total. The van der Waals surface area contributed by atoms with Crippen molar-refractivity contribution in [3.63, 3.8) is 0 Å². The number of likely N-dealkylation sites (tertiary alicyclic amines) is 1. The number of carbonyl (C=O) groups excluding carboxylic acids is 2. The molecule has 2 heterocycles.